The van der Waals surface area contributed by atoms with Gasteiger partial charge in [0.25, 0.3) is 0 Å². The molecule has 1 aliphatic heterocycles. The first kappa shape index (κ1) is 14.5. The third-order valence-corrected chi connectivity index (χ3v) is 3.89. The Morgan fingerprint density at radius 2 is 2.00 bits per heavy atom. The number of hydrogen-bond acceptors (Lipinski definition) is 4. The third kappa shape index (κ3) is 3.54. The van der Waals surface area contributed by atoms with Crippen LogP contribution in [0, 0.1) is 0 Å². The van der Waals surface area contributed by atoms with Crippen LogP contribution >= 0.6 is 0 Å². The Balaban J connectivity index is 2.12. The summed E-state index contributed by atoms with van der Waals surface area (Å²) in [7, 11) is 0. The molecule has 1 fully saturated rings. The summed E-state index contributed by atoms with van der Waals surface area (Å²) in [6.07, 6.45) is 2.66. The van der Waals surface area contributed by atoms with Gasteiger partial charge in [-0.3, -0.25) is 11.3 Å². The summed E-state index contributed by atoms with van der Waals surface area (Å²) < 4.78 is 11.5. The first-order chi connectivity index (χ1) is 9.30. The van der Waals surface area contributed by atoms with Gasteiger partial charge in [0, 0.05) is 32.7 Å². The van der Waals surface area contributed by atoms with Crippen LogP contribution in [0.3, 0.4) is 0 Å². The standard InChI is InChI=1S/C15H24N2O2/c1-2-19-15(8-10-18-11-9-15)14(17-16)12-13-6-4-3-5-7-13/h3-7,14,17H,2,8-12,16H2,1H3. The SMILES string of the molecule is CCOC1(C(Cc2ccccc2)NN)CCOCC1. The summed E-state index contributed by atoms with van der Waals surface area (Å²) in [6.45, 7) is 4.22. The van der Waals surface area contributed by atoms with Gasteiger partial charge in [-0.15, -0.1) is 0 Å². The van der Waals surface area contributed by atoms with Gasteiger partial charge in [0.2, 0.25) is 0 Å². The van der Waals surface area contributed by atoms with Gasteiger partial charge in [0.1, 0.15) is 0 Å². The molecule has 1 aromatic rings. The summed E-state index contributed by atoms with van der Waals surface area (Å²) >= 11 is 0. The molecule has 1 aliphatic rings. The van der Waals surface area contributed by atoms with E-state index in [1.165, 1.54) is 5.56 Å². The maximum Gasteiger partial charge on any atom is 0.0895 e. The topological polar surface area (TPSA) is 56.5 Å². The monoisotopic (exact) mass is 264 g/mol. The van der Waals surface area contributed by atoms with Crippen molar-refractivity contribution in [2.24, 2.45) is 5.84 Å². The van der Waals surface area contributed by atoms with Crippen molar-refractivity contribution in [3.05, 3.63) is 35.9 Å². The number of nitrogens with two attached hydrogens (primary N) is 1. The normalized spacial score (nSPS) is 20.1. The zero-order valence-corrected chi connectivity index (χ0v) is 11.6. The van der Waals surface area contributed by atoms with E-state index in [1.807, 2.05) is 13.0 Å². The van der Waals surface area contributed by atoms with Crippen LogP contribution in [0.15, 0.2) is 30.3 Å². The van der Waals surface area contributed by atoms with E-state index in [4.69, 9.17) is 15.3 Å². The van der Waals surface area contributed by atoms with E-state index < -0.39 is 0 Å². The zero-order chi connectivity index (χ0) is 13.6. The fraction of sp³-hybridized carbons (Fsp3) is 0.600. The van der Waals surface area contributed by atoms with Crippen molar-refractivity contribution in [2.75, 3.05) is 19.8 Å². The van der Waals surface area contributed by atoms with Crippen LogP contribution in [-0.4, -0.2) is 31.5 Å². The van der Waals surface area contributed by atoms with Gasteiger partial charge in [-0.2, -0.15) is 0 Å². The van der Waals surface area contributed by atoms with Crippen molar-refractivity contribution in [3.63, 3.8) is 0 Å². The minimum absolute atomic E-state index is 0.110. The molecule has 1 unspecified atom stereocenters. The summed E-state index contributed by atoms with van der Waals surface area (Å²) in [6, 6.07) is 10.5. The molecule has 2 rings (SSSR count). The van der Waals surface area contributed by atoms with Gasteiger partial charge in [-0.05, 0) is 18.9 Å². The fourth-order valence-corrected chi connectivity index (χ4v) is 2.84. The lowest BCUT2D eigenvalue weighted by atomic mass is 9.83. The van der Waals surface area contributed by atoms with Gasteiger partial charge >= 0.3 is 0 Å². The van der Waals surface area contributed by atoms with Crippen molar-refractivity contribution < 1.29 is 9.47 Å². The molecular formula is C15H24N2O2. The number of nitrogens with one attached hydrogen (secondary N) is 1. The zero-order valence-electron chi connectivity index (χ0n) is 11.6. The number of rotatable bonds is 6. The Morgan fingerprint density at radius 1 is 1.32 bits per heavy atom. The Morgan fingerprint density at radius 3 is 2.58 bits per heavy atom. The van der Waals surface area contributed by atoms with Gasteiger partial charge in [-0.25, -0.2) is 0 Å². The number of benzene rings is 1. The molecule has 1 saturated heterocycles. The van der Waals surface area contributed by atoms with Crippen LogP contribution in [0.4, 0.5) is 0 Å². The lowest BCUT2D eigenvalue weighted by Crippen LogP contribution is -2.58. The molecule has 0 spiro atoms. The molecular weight excluding hydrogens is 240 g/mol. The highest BCUT2D eigenvalue weighted by Gasteiger charge is 2.40. The summed E-state index contributed by atoms with van der Waals surface area (Å²) in [4.78, 5) is 0. The maximum absolute atomic E-state index is 6.07. The Labute approximate surface area is 115 Å². The molecule has 0 bridgehead atoms. The quantitative estimate of drug-likeness (QED) is 0.606. The molecule has 0 aliphatic carbocycles. The van der Waals surface area contributed by atoms with E-state index in [1.54, 1.807) is 0 Å². The fourth-order valence-electron chi connectivity index (χ4n) is 2.84. The Kier molecular flexibility index (Phi) is 5.34. The maximum atomic E-state index is 6.07. The summed E-state index contributed by atoms with van der Waals surface area (Å²) in [5, 5.41) is 0. The van der Waals surface area contributed by atoms with Gasteiger partial charge < -0.3 is 9.47 Å². The van der Waals surface area contributed by atoms with E-state index in [-0.39, 0.29) is 11.6 Å². The first-order valence-corrected chi connectivity index (χ1v) is 7.02. The van der Waals surface area contributed by atoms with Crippen molar-refractivity contribution in [2.45, 2.75) is 37.8 Å². The molecule has 1 aromatic carbocycles. The van der Waals surface area contributed by atoms with Crippen molar-refractivity contribution in [1.29, 1.82) is 0 Å². The average molecular weight is 264 g/mol. The first-order valence-electron chi connectivity index (χ1n) is 7.02. The molecule has 19 heavy (non-hydrogen) atoms. The Bertz CT molecular complexity index is 358. The van der Waals surface area contributed by atoms with Crippen molar-refractivity contribution in [1.82, 2.24) is 5.43 Å². The lowest BCUT2D eigenvalue weighted by molar-refractivity contribution is -0.126. The van der Waals surface area contributed by atoms with Crippen molar-refractivity contribution in [3.8, 4) is 0 Å². The predicted octanol–water partition coefficient (Wildman–Crippen LogP) is 1.65. The van der Waals surface area contributed by atoms with Gasteiger partial charge in [-0.1, -0.05) is 30.3 Å². The van der Waals surface area contributed by atoms with Crippen LogP contribution in [0.25, 0.3) is 0 Å². The predicted molar refractivity (Wildman–Crippen MR) is 75.7 cm³/mol. The van der Waals surface area contributed by atoms with Gasteiger partial charge in [0.05, 0.1) is 11.6 Å². The molecule has 1 heterocycles. The third-order valence-electron chi connectivity index (χ3n) is 3.89. The molecule has 0 aromatic heterocycles. The van der Waals surface area contributed by atoms with E-state index >= 15 is 0 Å². The van der Waals surface area contributed by atoms with Crippen LogP contribution in [0.5, 0.6) is 0 Å². The highest BCUT2D eigenvalue weighted by Crippen LogP contribution is 2.30. The second-order valence-corrected chi connectivity index (χ2v) is 5.02. The van der Waals surface area contributed by atoms with Crippen LogP contribution in [-0.2, 0) is 15.9 Å². The molecule has 4 nitrogen and oxygen atoms in total. The molecule has 0 amide bonds. The number of hydrogen-bond donors (Lipinski definition) is 2. The van der Waals surface area contributed by atoms with Gasteiger partial charge in [0.15, 0.2) is 0 Å². The molecule has 4 heteroatoms. The largest absolute Gasteiger partial charge is 0.381 e. The van der Waals surface area contributed by atoms with E-state index in [9.17, 15) is 0 Å². The minimum atomic E-state index is -0.211. The van der Waals surface area contributed by atoms with Crippen molar-refractivity contribution >= 4 is 0 Å². The van der Waals surface area contributed by atoms with Crippen LogP contribution in [0.2, 0.25) is 0 Å². The molecule has 0 radical (unpaired) electrons. The van der Waals surface area contributed by atoms with Crippen LogP contribution < -0.4 is 11.3 Å². The second-order valence-electron chi connectivity index (χ2n) is 5.02. The second kappa shape index (κ2) is 7.01. The average Bonchev–Trinajstić information content (AvgIpc) is 2.47. The lowest BCUT2D eigenvalue weighted by Gasteiger charge is -2.42. The molecule has 0 saturated carbocycles. The summed E-state index contributed by atoms with van der Waals surface area (Å²) in [5.74, 6) is 5.80. The van der Waals surface area contributed by atoms with Crippen LogP contribution in [0.1, 0.15) is 25.3 Å². The molecule has 3 N–H and O–H groups in total. The van der Waals surface area contributed by atoms with E-state index in [2.05, 4.69) is 29.7 Å². The Hall–Kier alpha value is -0.940. The summed E-state index contributed by atoms with van der Waals surface area (Å²) in [5.41, 5.74) is 4.03. The smallest absolute Gasteiger partial charge is 0.0895 e. The molecule has 1 atom stereocenters. The minimum Gasteiger partial charge on any atom is -0.381 e. The highest BCUT2D eigenvalue weighted by atomic mass is 16.5. The molecule has 106 valence electrons. The highest BCUT2D eigenvalue weighted by molar-refractivity contribution is 5.17. The number of ether oxygens (including phenoxy) is 2. The van der Waals surface area contributed by atoms with E-state index in [0.717, 1.165) is 32.5 Å². The number of hydrazine groups is 1. The van der Waals surface area contributed by atoms with E-state index in [0.29, 0.717) is 6.61 Å².